The Balaban J connectivity index is 1.14. The van der Waals surface area contributed by atoms with E-state index in [-0.39, 0.29) is 18.0 Å². The van der Waals surface area contributed by atoms with Crippen molar-refractivity contribution in [2.75, 3.05) is 26.3 Å². The third-order valence-corrected chi connectivity index (χ3v) is 5.97. The molecule has 0 spiro atoms. The average molecular weight is 472 g/mol. The van der Waals surface area contributed by atoms with Gasteiger partial charge in [0.1, 0.15) is 5.75 Å². The molecule has 0 unspecified atom stereocenters. The molecule has 0 bridgehead atoms. The van der Waals surface area contributed by atoms with E-state index >= 15 is 0 Å². The second-order valence-electron chi connectivity index (χ2n) is 8.71. The maximum absolute atomic E-state index is 11.3. The first-order chi connectivity index (χ1) is 16.6. The first-order valence-electron chi connectivity index (χ1n) is 12.2. The molecule has 186 valence electrons. The van der Waals surface area contributed by atoms with Crippen LogP contribution in [0.3, 0.4) is 0 Å². The summed E-state index contributed by atoms with van der Waals surface area (Å²) in [4.78, 5) is 16.9. The van der Waals surface area contributed by atoms with Gasteiger partial charge in [-0.2, -0.15) is 0 Å². The summed E-state index contributed by atoms with van der Waals surface area (Å²) in [5.41, 5.74) is 3.87. The number of hydrogen-bond donors (Lipinski definition) is 6. The van der Waals surface area contributed by atoms with Crippen LogP contribution in [0.1, 0.15) is 61.3 Å². The van der Waals surface area contributed by atoms with Gasteiger partial charge in [-0.1, -0.05) is 25.0 Å². The molecule has 34 heavy (non-hydrogen) atoms. The molecular weight excluding hydrogens is 434 g/mol. The summed E-state index contributed by atoms with van der Waals surface area (Å²) in [7, 11) is 0. The normalized spacial score (nSPS) is 12.4. The topological polar surface area (TPSA) is 131 Å². The number of fused-ring (bicyclic) bond motifs is 1. The van der Waals surface area contributed by atoms with E-state index in [0.717, 1.165) is 75.7 Å². The van der Waals surface area contributed by atoms with Crippen molar-refractivity contribution in [2.45, 2.75) is 57.7 Å². The van der Waals surface area contributed by atoms with Gasteiger partial charge in [0, 0.05) is 25.3 Å². The minimum absolute atomic E-state index is 0.0422. The fourth-order valence-electron chi connectivity index (χ4n) is 3.97. The number of aromatic nitrogens is 2. The molecule has 6 N–H and O–H groups in total. The largest absolute Gasteiger partial charge is 0.508 e. The molecule has 3 aromatic rings. The molecule has 0 radical (unpaired) electrons. The number of aryl methyl sites for hydroxylation is 1. The number of unbranched alkanes of at least 4 members (excludes halogenated alkanes) is 4. The highest BCUT2D eigenvalue weighted by Crippen LogP contribution is 2.22. The van der Waals surface area contributed by atoms with Gasteiger partial charge in [-0.3, -0.25) is 0 Å². The molecule has 8 heteroatoms. The van der Waals surface area contributed by atoms with Gasteiger partial charge in [-0.15, -0.1) is 0 Å². The Hall–Kier alpha value is -2.65. The number of aromatic hydroxyl groups is 1. The number of imidazole rings is 1. The van der Waals surface area contributed by atoms with Crippen LogP contribution in [0.5, 0.6) is 5.75 Å². The Labute approximate surface area is 200 Å². The summed E-state index contributed by atoms with van der Waals surface area (Å²) in [6.07, 6.45) is 6.72. The smallest absolute Gasteiger partial charge is 0.323 e. The zero-order valence-electron chi connectivity index (χ0n) is 19.7. The molecule has 0 aliphatic carbocycles. The third-order valence-electron chi connectivity index (χ3n) is 5.97. The zero-order chi connectivity index (χ0) is 24.2. The number of hydrogen-bond acceptors (Lipinski definition) is 6. The van der Waals surface area contributed by atoms with E-state index < -0.39 is 6.10 Å². The van der Waals surface area contributed by atoms with Crippen molar-refractivity contribution < 1.29 is 20.1 Å². The van der Waals surface area contributed by atoms with Crippen molar-refractivity contribution in [1.82, 2.24) is 15.3 Å². The lowest BCUT2D eigenvalue weighted by atomic mass is 10.1. The molecular formula is C26H37N3O5. The van der Waals surface area contributed by atoms with Gasteiger partial charge in [0.25, 0.3) is 0 Å². The Morgan fingerprint density at radius 2 is 1.68 bits per heavy atom. The molecule has 3 rings (SSSR count). The van der Waals surface area contributed by atoms with Gasteiger partial charge < -0.3 is 35.3 Å². The number of phenols is 1. The number of aliphatic hydroxyl groups excluding tert-OH is 2. The van der Waals surface area contributed by atoms with Gasteiger partial charge in [-0.25, -0.2) is 4.79 Å². The lowest BCUT2D eigenvalue weighted by molar-refractivity contribution is 0.126. The second kappa shape index (κ2) is 13.9. The molecule has 0 aliphatic rings. The number of H-pyrrole nitrogens is 2. The highest BCUT2D eigenvalue weighted by Gasteiger charge is 2.10. The fourth-order valence-corrected chi connectivity index (χ4v) is 3.97. The van der Waals surface area contributed by atoms with Crippen molar-refractivity contribution in [3.8, 4) is 5.75 Å². The summed E-state index contributed by atoms with van der Waals surface area (Å²) in [5, 5.41) is 32.3. The van der Waals surface area contributed by atoms with Crippen LogP contribution >= 0.6 is 0 Å². The van der Waals surface area contributed by atoms with E-state index in [1.807, 2.05) is 12.1 Å². The molecule has 1 atom stereocenters. The molecule has 1 heterocycles. The quantitative estimate of drug-likeness (QED) is 0.178. The highest BCUT2D eigenvalue weighted by atomic mass is 16.5. The molecule has 0 saturated heterocycles. The van der Waals surface area contributed by atoms with E-state index in [1.165, 1.54) is 11.6 Å². The Morgan fingerprint density at radius 3 is 2.50 bits per heavy atom. The van der Waals surface area contributed by atoms with Crippen LogP contribution < -0.4 is 11.0 Å². The minimum atomic E-state index is -0.667. The van der Waals surface area contributed by atoms with Gasteiger partial charge in [0.05, 0.1) is 23.7 Å². The van der Waals surface area contributed by atoms with Gasteiger partial charge >= 0.3 is 5.69 Å². The van der Waals surface area contributed by atoms with Crippen molar-refractivity contribution in [1.29, 1.82) is 0 Å². The zero-order valence-corrected chi connectivity index (χ0v) is 19.7. The van der Waals surface area contributed by atoms with Crippen LogP contribution in [0.2, 0.25) is 0 Å². The van der Waals surface area contributed by atoms with E-state index in [2.05, 4.69) is 21.4 Å². The summed E-state index contributed by atoms with van der Waals surface area (Å²) in [5.74, 6) is 0.0422. The third kappa shape index (κ3) is 8.29. The number of nitrogens with one attached hydrogen (secondary N) is 3. The Bertz CT molecular complexity index is 1060. The predicted octanol–water partition coefficient (Wildman–Crippen LogP) is 3.28. The molecule has 0 saturated carbocycles. The predicted molar refractivity (Wildman–Crippen MR) is 133 cm³/mol. The van der Waals surface area contributed by atoms with E-state index in [1.54, 1.807) is 12.1 Å². The molecule has 0 fully saturated rings. The van der Waals surface area contributed by atoms with Crippen molar-refractivity contribution in [3.63, 3.8) is 0 Å². The van der Waals surface area contributed by atoms with Crippen LogP contribution in [0, 0.1) is 0 Å². The maximum atomic E-state index is 11.3. The average Bonchev–Trinajstić information content (AvgIpc) is 3.21. The minimum Gasteiger partial charge on any atom is -0.508 e. The van der Waals surface area contributed by atoms with Crippen molar-refractivity contribution >= 4 is 11.0 Å². The Kier molecular flexibility index (Phi) is 10.6. The van der Waals surface area contributed by atoms with Gasteiger partial charge in [-0.05, 0) is 74.0 Å². The molecule has 8 nitrogen and oxygen atoms in total. The van der Waals surface area contributed by atoms with E-state index in [9.17, 15) is 20.1 Å². The number of aromatic amines is 2. The van der Waals surface area contributed by atoms with Gasteiger partial charge in [0.15, 0.2) is 0 Å². The number of aliphatic hydroxyl groups is 2. The first kappa shape index (κ1) is 26.0. The summed E-state index contributed by atoms with van der Waals surface area (Å²) >= 11 is 0. The molecule has 1 aromatic heterocycles. The summed E-state index contributed by atoms with van der Waals surface area (Å²) in [6.45, 7) is 2.59. The lowest BCUT2D eigenvalue weighted by Gasteiger charge is -2.14. The van der Waals surface area contributed by atoms with Crippen LogP contribution in [0.25, 0.3) is 11.0 Å². The highest BCUT2D eigenvalue weighted by molar-refractivity contribution is 5.74. The van der Waals surface area contributed by atoms with E-state index in [0.29, 0.717) is 17.7 Å². The molecule has 0 aliphatic heterocycles. The monoisotopic (exact) mass is 471 g/mol. The van der Waals surface area contributed by atoms with Crippen molar-refractivity contribution in [2.24, 2.45) is 0 Å². The maximum Gasteiger partial charge on any atom is 0.323 e. The second-order valence-corrected chi connectivity index (χ2v) is 8.71. The van der Waals surface area contributed by atoms with Crippen LogP contribution in [0.15, 0.2) is 41.2 Å². The lowest BCUT2D eigenvalue weighted by Crippen LogP contribution is -2.22. The number of ether oxygens (including phenoxy) is 1. The van der Waals surface area contributed by atoms with Crippen LogP contribution in [-0.4, -0.2) is 51.6 Å². The molecule has 0 amide bonds. The molecule has 2 aromatic carbocycles. The van der Waals surface area contributed by atoms with Gasteiger partial charge in [0.2, 0.25) is 0 Å². The number of benzene rings is 2. The van der Waals surface area contributed by atoms with Crippen LogP contribution in [0.4, 0.5) is 0 Å². The first-order valence-corrected chi connectivity index (χ1v) is 12.2. The van der Waals surface area contributed by atoms with Crippen LogP contribution in [-0.2, 0) is 17.8 Å². The fraction of sp³-hybridized carbons (Fsp3) is 0.500. The summed E-state index contributed by atoms with van der Waals surface area (Å²) < 4.78 is 5.74. The SMILES string of the molecule is O=c1[nH]c2ccc(CCCCOCCCCCCNC[C@@H](O)c3ccc(O)c(CO)c3)cc2[nH]1. The summed E-state index contributed by atoms with van der Waals surface area (Å²) in [6, 6.07) is 10.8. The number of rotatable bonds is 16. The van der Waals surface area contributed by atoms with E-state index in [4.69, 9.17) is 4.74 Å². The Morgan fingerprint density at radius 1 is 0.912 bits per heavy atom. The standard InChI is InChI=1S/C26H37N3O5/c30-18-21-16-20(9-11-24(21)31)25(32)17-27-12-4-1-2-5-13-34-14-6-3-7-19-8-10-22-23(15-19)29-26(33)28-22/h8-11,15-16,25,27,30-32H,1-7,12-14,17-18H2,(H2,28,29,33)/t25-/m1/s1. The van der Waals surface area contributed by atoms with Crippen molar-refractivity contribution in [3.05, 3.63) is 63.6 Å².